The normalized spacial score (nSPS) is 32.5. The summed E-state index contributed by atoms with van der Waals surface area (Å²) >= 11 is 0. The van der Waals surface area contributed by atoms with E-state index < -0.39 is 0 Å². The topological polar surface area (TPSA) is 47.0 Å². The van der Waals surface area contributed by atoms with E-state index in [1.807, 2.05) is 13.0 Å². The molecule has 1 aromatic heterocycles. The summed E-state index contributed by atoms with van der Waals surface area (Å²) in [5.74, 6) is 3.17. The molecular weight excluding hydrogens is 190 g/mol. The lowest BCUT2D eigenvalue weighted by molar-refractivity contribution is 0.270. The minimum absolute atomic E-state index is 0.709. The highest BCUT2D eigenvalue weighted by molar-refractivity contribution is 5.13. The van der Waals surface area contributed by atoms with E-state index in [4.69, 9.17) is 4.74 Å². The summed E-state index contributed by atoms with van der Waals surface area (Å²) in [7, 11) is 0. The molecule has 0 bridgehead atoms. The average Bonchev–Trinajstić information content (AvgIpc) is 2.69. The molecule has 0 radical (unpaired) electrons. The fraction of sp³-hybridized carbons (Fsp3) is 0.636. The average molecular weight is 205 g/mol. The van der Waals surface area contributed by atoms with E-state index in [1.165, 1.54) is 13.1 Å². The first-order valence-corrected chi connectivity index (χ1v) is 5.47. The fourth-order valence-electron chi connectivity index (χ4n) is 2.48. The maximum absolute atomic E-state index is 5.67. The summed E-state index contributed by atoms with van der Waals surface area (Å²) in [6.45, 7) is 5.10. The SMILES string of the molecule is Cc1cc(OCC2C3CNCC32)ncn1. The van der Waals surface area contributed by atoms with Crippen LogP contribution in [0.5, 0.6) is 5.88 Å². The number of ether oxygens (including phenoxy) is 1. The molecule has 2 heterocycles. The monoisotopic (exact) mass is 205 g/mol. The molecule has 2 fully saturated rings. The van der Waals surface area contributed by atoms with E-state index in [0.717, 1.165) is 30.1 Å². The van der Waals surface area contributed by atoms with E-state index >= 15 is 0 Å². The Balaban J connectivity index is 1.54. The quantitative estimate of drug-likeness (QED) is 0.786. The Labute approximate surface area is 89.1 Å². The molecule has 1 aromatic rings. The predicted octanol–water partition coefficient (Wildman–Crippen LogP) is 0.629. The molecule has 1 saturated heterocycles. The number of hydrogen-bond acceptors (Lipinski definition) is 4. The second-order valence-corrected chi connectivity index (χ2v) is 4.46. The van der Waals surface area contributed by atoms with E-state index in [2.05, 4.69) is 15.3 Å². The van der Waals surface area contributed by atoms with Gasteiger partial charge in [0, 0.05) is 17.7 Å². The highest BCUT2D eigenvalue weighted by Gasteiger charge is 2.52. The predicted molar refractivity (Wildman–Crippen MR) is 55.6 cm³/mol. The number of rotatable bonds is 3. The summed E-state index contributed by atoms with van der Waals surface area (Å²) in [6.07, 6.45) is 1.56. The molecule has 3 rings (SSSR count). The summed E-state index contributed by atoms with van der Waals surface area (Å²) in [5, 5.41) is 3.38. The van der Waals surface area contributed by atoms with Gasteiger partial charge in [-0.05, 0) is 31.8 Å². The second kappa shape index (κ2) is 3.45. The Morgan fingerprint density at radius 1 is 1.40 bits per heavy atom. The van der Waals surface area contributed by atoms with Gasteiger partial charge in [0.05, 0.1) is 6.61 Å². The molecular formula is C11H15N3O. The highest BCUT2D eigenvalue weighted by atomic mass is 16.5. The number of nitrogens with zero attached hydrogens (tertiary/aromatic N) is 2. The van der Waals surface area contributed by atoms with Gasteiger partial charge in [-0.25, -0.2) is 9.97 Å². The maximum atomic E-state index is 5.67. The zero-order valence-electron chi connectivity index (χ0n) is 8.81. The van der Waals surface area contributed by atoms with E-state index in [0.29, 0.717) is 5.88 Å². The molecule has 4 nitrogen and oxygen atoms in total. The highest BCUT2D eigenvalue weighted by Crippen LogP contribution is 2.48. The molecule has 80 valence electrons. The van der Waals surface area contributed by atoms with Crippen molar-refractivity contribution in [3.8, 4) is 5.88 Å². The maximum Gasteiger partial charge on any atom is 0.216 e. The van der Waals surface area contributed by atoms with Crippen molar-refractivity contribution in [3.63, 3.8) is 0 Å². The minimum Gasteiger partial charge on any atom is -0.477 e. The lowest BCUT2D eigenvalue weighted by atomic mass is 10.3. The minimum atomic E-state index is 0.709. The number of fused-ring (bicyclic) bond motifs is 1. The fourth-order valence-corrected chi connectivity index (χ4v) is 2.48. The Morgan fingerprint density at radius 2 is 2.20 bits per heavy atom. The molecule has 0 spiro atoms. The van der Waals surface area contributed by atoms with Gasteiger partial charge in [0.2, 0.25) is 5.88 Å². The van der Waals surface area contributed by atoms with E-state index in [9.17, 15) is 0 Å². The summed E-state index contributed by atoms with van der Waals surface area (Å²) in [5.41, 5.74) is 0.956. The van der Waals surface area contributed by atoms with Gasteiger partial charge in [-0.2, -0.15) is 0 Å². The van der Waals surface area contributed by atoms with Gasteiger partial charge in [0.15, 0.2) is 0 Å². The third-order valence-corrected chi connectivity index (χ3v) is 3.47. The third-order valence-electron chi connectivity index (χ3n) is 3.47. The van der Waals surface area contributed by atoms with Gasteiger partial charge < -0.3 is 10.1 Å². The lowest BCUT2D eigenvalue weighted by Gasteiger charge is -2.06. The van der Waals surface area contributed by atoms with Gasteiger partial charge in [0.25, 0.3) is 0 Å². The Bertz CT molecular complexity index is 359. The lowest BCUT2D eigenvalue weighted by Crippen LogP contribution is -2.17. The molecule has 1 saturated carbocycles. The van der Waals surface area contributed by atoms with Crippen molar-refractivity contribution >= 4 is 0 Å². The molecule has 1 aliphatic carbocycles. The van der Waals surface area contributed by atoms with E-state index in [1.54, 1.807) is 6.33 Å². The largest absolute Gasteiger partial charge is 0.477 e. The standard InChI is InChI=1S/C11H15N3O/c1-7-2-11(14-6-13-7)15-5-10-8-3-12-4-9(8)10/h2,6,8-10,12H,3-5H2,1H3. The summed E-state index contributed by atoms with van der Waals surface area (Å²) < 4.78 is 5.67. The number of hydrogen-bond donors (Lipinski definition) is 1. The van der Waals surface area contributed by atoms with Gasteiger partial charge in [0.1, 0.15) is 6.33 Å². The van der Waals surface area contributed by atoms with Crippen LogP contribution in [0.2, 0.25) is 0 Å². The number of aromatic nitrogens is 2. The summed E-state index contributed by atoms with van der Waals surface area (Å²) in [4.78, 5) is 8.12. The molecule has 0 amide bonds. The molecule has 4 heteroatoms. The molecule has 2 aliphatic rings. The van der Waals surface area contributed by atoms with Crippen LogP contribution in [0.4, 0.5) is 0 Å². The van der Waals surface area contributed by atoms with Crippen LogP contribution in [-0.2, 0) is 0 Å². The molecule has 1 aliphatic heterocycles. The Morgan fingerprint density at radius 3 is 2.93 bits per heavy atom. The molecule has 2 unspecified atom stereocenters. The number of nitrogens with one attached hydrogen (secondary N) is 1. The van der Waals surface area contributed by atoms with Gasteiger partial charge in [-0.15, -0.1) is 0 Å². The van der Waals surface area contributed by atoms with Crippen LogP contribution in [0.15, 0.2) is 12.4 Å². The van der Waals surface area contributed by atoms with Crippen LogP contribution in [0.1, 0.15) is 5.69 Å². The molecule has 15 heavy (non-hydrogen) atoms. The number of piperidine rings is 1. The van der Waals surface area contributed by atoms with Crippen molar-refractivity contribution in [1.82, 2.24) is 15.3 Å². The first-order valence-electron chi connectivity index (χ1n) is 5.47. The molecule has 0 aromatic carbocycles. The van der Waals surface area contributed by atoms with Crippen LogP contribution < -0.4 is 10.1 Å². The van der Waals surface area contributed by atoms with Gasteiger partial charge >= 0.3 is 0 Å². The first-order chi connectivity index (χ1) is 7.34. The summed E-state index contributed by atoms with van der Waals surface area (Å²) in [6, 6.07) is 1.89. The van der Waals surface area contributed by atoms with Crippen molar-refractivity contribution in [2.24, 2.45) is 17.8 Å². The van der Waals surface area contributed by atoms with Crippen LogP contribution in [-0.4, -0.2) is 29.7 Å². The van der Waals surface area contributed by atoms with Crippen LogP contribution in [0, 0.1) is 24.7 Å². The van der Waals surface area contributed by atoms with Crippen LogP contribution >= 0.6 is 0 Å². The third kappa shape index (κ3) is 1.69. The van der Waals surface area contributed by atoms with Gasteiger partial charge in [-0.3, -0.25) is 0 Å². The van der Waals surface area contributed by atoms with Crippen LogP contribution in [0.3, 0.4) is 0 Å². The van der Waals surface area contributed by atoms with Gasteiger partial charge in [-0.1, -0.05) is 0 Å². The first kappa shape index (κ1) is 9.09. The molecule has 2 atom stereocenters. The number of aryl methyl sites for hydroxylation is 1. The zero-order chi connectivity index (χ0) is 10.3. The zero-order valence-corrected chi connectivity index (χ0v) is 8.81. The Kier molecular flexibility index (Phi) is 2.09. The van der Waals surface area contributed by atoms with Crippen LogP contribution in [0.25, 0.3) is 0 Å². The van der Waals surface area contributed by atoms with Crippen molar-refractivity contribution in [3.05, 3.63) is 18.1 Å². The van der Waals surface area contributed by atoms with Crippen molar-refractivity contribution in [2.45, 2.75) is 6.92 Å². The second-order valence-electron chi connectivity index (χ2n) is 4.46. The van der Waals surface area contributed by atoms with Crippen molar-refractivity contribution in [1.29, 1.82) is 0 Å². The molecule has 1 N–H and O–H groups in total. The van der Waals surface area contributed by atoms with Crippen molar-refractivity contribution in [2.75, 3.05) is 19.7 Å². The van der Waals surface area contributed by atoms with Crippen molar-refractivity contribution < 1.29 is 4.74 Å². The van der Waals surface area contributed by atoms with E-state index in [-0.39, 0.29) is 0 Å². The Hall–Kier alpha value is -1.16. The smallest absolute Gasteiger partial charge is 0.216 e.